The quantitative estimate of drug-likeness (QED) is 0.811. The van der Waals surface area contributed by atoms with E-state index in [0.29, 0.717) is 11.3 Å². The van der Waals surface area contributed by atoms with Crippen LogP contribution >= 0.6 is 0 Å². The lowest BCUT2D eigenvalue weighted by Gasteiger charge is -2.17. The summed E-state index contributed by atoms with van der Waals surface area (Å²) in [6.45, 7) is 2.38. The van der Waals surface area contributed by atoms with Crippen LogP contribution in [0.1, 0.15) is 16.7 Å². The van der Waals surface area contributed by atoms with Crippen molar-refractivity contribution in [1.29, 1.82) is 0 Å². The molecule has 1 aliphatic heterocycles. The molecule has 1 aliphatic rings. The molecule has 0 spiro atoms. The first kappa shape index (κ1) is 15.2. The Morgan fingerprint density at radius 3 is 2.87 bits per heavy atom. The van der Waals surface area contributed by atoms with E-state index in [1.807, 2.05) is 55.5 Å². The van der Waals surface area contributed by atoms with Gasteiger partial charge in [0.05, 0.1) is 12.7 Å². The minimum absolute atomic E-state index is 0.169. The molecule has 0 aliphatic carbocycles. The second kappa shape index (κ2) is 6.57. The Kier molecular flexibility index (Phi) is 4.33. The molecular weight excluding hydrogens is 292 g/mol. The number of ether oxygens (including phenoxy) is 3. The largest absolute Gasteiger partial charge is 0.496 e. The highest BCUT2D eigenvalue weighted by atomic mass is 16.5. The van der Waals surface area contributed by atoms with Gasteiger partial charge in [-0.05, 0) is 31.2 Å². The van der Waals surface area contributed by atoms with E-state index in [4.69, 9.17) is 14.2 Å². The number of carbonyl (C=O) groups is 1. The Balaban J connectivity index is 1.71. The van der Waals surface area contributed by atoms with Crippen molar-refractivity contribution >= 4 is 12.0 Å². The fraction of sp³-hybridized carbons (Fsp3) is 0.211. The number of esters is 1. The van der Waals surface area contributed by atoms with Crippen molar-refractivity contribution in [2.75, 3.05) is 13.7 Å². The van der Waals surface area contributed by atoms with Gasteiger partial charge in [0.1, 0.15) is 24.7 Å². The molecule has 0 saturated heterocycles. The molecule has 23 heavy (non-hydrogen) atoms. The zero-order valence-corrected chi connectivity index (χ0v) is 13.2. The second-order valence-corrected chi connectivity index (χ2v) is 5.39. The highest BCUT2D eigenvalue weighted by Crippen LogP contribution is 2.27. The van der Waals surface area contributed by atoms with Crippen LogP contribution in [-0.2, 0) is 16.1 Å². The van der Waals surface area contributed by atoms with E-state index >= 15 is 0 Å². The third-order valence-corrected chi connectivity index (χ3v) is 3.69. The molecule has 118 valence electrons. The van der Waals surface area contributed by atoms with Crippen molar-refractivity contribution in [3.8, 4) is 11.5 Å². The second-order valence-electron chi connectivity index (χ2n) is 5.39. The SMILES string of the molecule is COc1ccc(C)cc1COC(=O)C1=Cc2ccccc2OC1. The normalized spacial score (nSPS) is 12.7. The average Bonchev–Trinajstić information content (AvgIpc) is 2.59. The van der Waals surface area contributed by atoms with Crippen LogP contribution in [0.2, 0.25) is 0 Å². The molecule has 0 N–H and O–H groups in total. The van der Waals surface area contributed by atoms with Gasteiger partial charge in [-0.3, -0.25) is 0 Å². The van der Waals surface area contributed by atoms with Gasteiger partial charge in [0.25, 0.3) is 0 Å². The van der Waals surface area contributed by atoms with E-state index in [-0.39, 0.29) is 19.2 Å². The summed E-state index contributed by atoms with van der Waals surface area (Å²) in [7, 11) is 1.60. The molecular formula is C19H18O4. The van der Waals surface area contributed by atoms with Crippen LogP contribution in [0.25, 0.3) is 6.08 Å². The van der Waals surface area contributed by atoms with E-state index in [1.165, 1.54) is 0 Å². The van der Waals surface area contributed by atoms with Gasteiger partial charge in [-0.15, -0.1) is 0 Å². The molecule has 0 fully saturated rings. The Morgan fingerprint density at radius 1 is 1.22 bits per heavy atom. The number of para-hydroxylation sites is 1. The van der Waals surface area contributed by atoms with Crippen molar-refractivity contribution in [2.24, 2.45) is 0 Å². The van der Waals surface area contributed by atoms with Crippen LogP contribution in [0.3, 0.4) is 0 Å². The smallest absolute Gasteiger partial charge is 0.337 e. The number of hydrogen-bond acceptors (Lipinski definition) is 4. The van der Waals surface area contributed by atoms with Crippen LogP contribution in [0.5, 0.6) is 11.5 Å². The highest BCUT2D eigenvalue weighted by molar-refractivity contribution is 5.95. The summed E-state index contributed by atoms with van der Waals surface area (Å²) in [6, 6.07) is 13.4. The maximum Gasteiger partial charge on any atom is 0.337 e. The van der Waals surface area contributed by atoms with E-state index in [9.17, 15) is 4.79 Å². The lowest BCUT2D eigenvalue weighted by atomic mass is 10.1. The predicted molar refractivity (Wildman–Crippen MR) is 87.4 cm³/mol. The van der Waals surface area contributed by atoms with E-state index < -0.39 is 0 Å². The van der Waals surface area contributed by atoms with Crippen LogP contribution in [0.15, 0.2) is 48.0 Å². The van der Waals surface area contributed by atoms with Gasteiger partial charge in [0.2, 0.25) is 0 Å². The Hall–Kier alpha value is -2.75. The Labute approximate surface area is 135 Å². The standard InChI is InChI=1S/C19H18O4/c1-13-7-8-17(21-2)15(9-13)11-23-19(20)16-10-14-5-3-4-6-18(14)22-12-16/h3-10H,11-12H2,1-2H3. The van der Waals surface area contributed by atoms with Crippen molar-refractivity contribution in [3.05, 3.63) is 64.7 Å². The van der Waals surface area contributed by atoms with Gasteiger partial charge < -0.3 is 14.2 Å². The number of hydrogen-bond donors (Lipinski definition) is 0. The first-order valence-corrected chi connectivity index (χ1v) is 7.40. The average molecular weight is 310 g/mol. The van der Waals surface area contributed by atoms with E-state index in [1.54, 1.807) is 7.11 Å². The van der Waals surface area contributed by atoms with Gasteiger partial charge >= 0.3 is 5.97 Å². The molecule has 1 heterocycles. The third kappa shape index (κ3) is 3.37. The molecule has 4 heteroatoms. The monoisotopic (exact) mass is 310 g/mol. The number of aryl methyl sites for hydroxylation is 1. The topological polar surface area (TPSA) is 44.8 Å². The summed E-state index contributed by atoms with van der Waals surface area (Å²) >= 11 is 0. The summed E-state index contributed by atoms with van der Waals surface area (Å²) < 4.78 is 16.3. The molecule has 2 aromatic rings. The summed E-state index contributed by atoms with van der Waals surface area (Å²) in [5.41, 5.74) is 3.33. The summed E-state index contributed by atoms with van der Waals surface area (Å²) in [5.74, 6) is 1.12. The molecule has 4 nitrogen and oxygen atoms in total. The number of benzene rings is 2. The van der Waals surface area contributed by atoms with Crippen LogP contribution < -0.4 is 9.47 Å². The van der Waals surface area contributed by atoms with Crippen LogP contribution in [-0.4, -0.2) is 19.7 Å². The molecule has 0 aromatic heterocycles. The van der Waals surface area contributed by atoms with Crippen molar-refractivity contribution < 1.29 is 19.0 Å². The van der Waals surface area contributed by atoms with Gasteiger partial charge in [-0.2, -0.15) is 0 Å². The minimum atomic E-state index is -0.372. The molecule has 3 rings (SSSR count). The minimum Gasteiger partial charge on any atom is -0.496 e. The molecule has 0 atom stereocenters. The van der Waals surface area contributed by atoms with Crippen molar-refractivity contribution in [1.82, 2.24) is 0 Å². The third-order valence-electron chi connectivity index (χ3n) is 3.69. The summed E-state index contributed by atoms with van der Waals surface area (Å²) in [5, 5.41) is 0. The number of rotatable bonds is 4. The fourth-order valence-corrected chi connectivity index (χ4v) is 2.49. The maximum atomic E-state index is 12.3. The number of methoxy groups -OCH3 is 1. The zero-order chi connectivity index (χ0) is 16.2. The zero-order valence-electron chi connectivity index (χ0n) is 13.2. The number of fused-ring (bicyclic) bond motifs is 1. The first-order valence-electron chi connectivity index (χ1n) is 7.40. The van der Waals surface area contributed by atoms with E-state index in [0.717, 1.165) is 22.4 Å². The number of carbonyl (C=O) groups excluding carboxylic acids is 1. The maximum absolute atomic E-state index is 12.3. The van der Waals surface area contributed by atoms with Crippen LogP contribution in [0, 0.1) is 6.92 Å². The first-order chi connectivity index (χ1) is 11.2. The predicted octanol–water partition coefficient (Wildman–Crippen LogP) is 3.52. The Bertz CT molecular complexity index is 762. The van der Waals surface area contributed by atoms with Gasteiger partial charge in [-0.1, -0.05) is 29.8 Å². The Morgan fingerprint density at radius 2 is 2.04 bits per heavy atom. The fourth-order valence-electron chi connectivity index (χ4n) is 2.49. The lowest BCUT2D eigenvalue weighted by Crippen LogP contribution is -2.17. The molecule has 0 bridgehead atoms. The molecule has 0 radical (unpaired) electrons. The van der Waals surface area contributed by atoms with Gasteiger partial charge in [0.15, 0.2) is 0 Å². The van der Waals surface area contributed by atoms with E-state index in [2.05, 4.69) is 0 Å². The van der Waals surface area contributed by atoms with Gasteiger partial charge in [-0.25, -0.2) is 4.79 Å². The molecule has 2 aromatic carbocycles. The van der Waals surface area contributed by atoms with Crippen molar-refractivity contribution in [2.45, 2.75) is 13.5 Å². The summed E-state index contributed by atoms with van der Waals surface area (Å²) in [4.78, 5) is 12.3. The lowest BCUT2D eigenvalue weighted by molar-refractivity contribution is -0.140. The molecule has 0 amide bonds. The molecule has 0 unspecified atom stereocenters. The van der Waals surface area contributed by atoms with Crippen LogP contribution in [0.4, 0.5) is 0 Å². The summed E-state index contributed by atoms with van der Waals surface area (Å²) in [6.07, 6.45) is 1.81. The molecule has 0 saturated carbocycles. The van der Waals surface area contributed by atoms with Gasteiger partial charge in [0, 0.05) is 11.1 Å². The van der Waals surface area contributed by atoms with Crippen molar-refractivity contribution in [3.63, 3.8) is 0 Å². The highest BCUT2D eigenvalue weighted by Gasteiger charge is 2.18.